The Morgan fingerprint density at radius 1 is 1.30 bits per heavy atom. The fourth-order valence-corrected chi connectivity index (χ4v) is 4.87. The highest BCUT2D eigenvalue weighted by atomic mass is 32.1. The Kier molecular flexibility index (Phi) is 8.03. The van der Waals surface area contributed by atoms with Crippen LogP contribution in [0.25, 0.3) is 16.8 Å². The molecule has 3 rings (SSSR count). The van der Waals surface area contributed by atoms with Gasteiger partial charge in [-0.15, -0.1) is 11.3 Å². The Morgan fingerprint density at radius 3 is 2.67 bits per heavy atom. The maximum atomic E-state index is 5.15. The van der Waals surface area contributed by atoms with Gasteiger partial charge in [0, 0.05) is 17.7 Å². The smallest absolute Gasteiger partial charge is 0.0974 e. The highest BCUT2D eigenvalue weighted by Crippen LogP contribution is 2.39. The molecule has 1 aromatic carbocycles. The molecule has 0 atom stereocenters. The molecule has 1 aromatic heterocycles. The number of aliphatic imine (C=N–C) groups is 1. The molecule has 1 aliphatic rings. The molecule has 2 aromatic rings. The number of thiazole rings is 1. The van der Waals surface area contributed by atoms with Gasteiger partial charge in [0.25, 0.3) is 0 Å². The van der Waals surface area contributed by atoms with E-state index in [1.54, 1.807) is 0 Å². The van der Waals surface area contributed by atoms with Gasteiger partial charge in [-0.1, -0.05) is 57.0 Å². The summed E-state index contributed by atoms with van der Waals surface area (Å²) in [6, 6.07) is 9.15. The molecule has 4 heteroatoms. The average Bonchev–Trinajstić information content (AvgIpc) is 3.41. The second-order valence-electron chi connectivity index (χ2n) is 8.32. The largest absolute Gasteiger partial charge is 0.351 e. The summed E-state index contributed by atoms with van der Waals surface area (Å²) in [6.45, 7) is 13.1. The molecule has 0 radical (unpaired) electrons. The third-order valence-corrected chi connectivity index (χ3v) is 6.64. The molecule has 0 bridgehead atoms. The third kappa shape index (κ3) is 6.15. The van der Waals surface area contributed by atoms with Crippen LogP contribution in [0.15, 0.2) is 48.1 Å². The second-order valence-corrected chi connectivity index (χ2v) is 9.35. The predicted octanol–water partition coefficient (Wildman–Crippen LogP) is 7.50. The van der Waals surface area contributed by atoms with Crippen LogP contribution in [0.4, 0.5) is 0 Å². The number of aryl methyl sites for hydroxylation is 1. The molecule has 1 N–H and O–H groups in total. The van der Waals surface area contributed by atoms with Gasteiger partial charge in [-0.2, -0.15) is 0 Å². The van der Waals surface area contributed by atoms with Crippen molar-refractivity contribution < 1.29 is 0 Å². The Labute approximate surface area is 186 Å². The predicted molar refractivity (Wildman–Crippen MR) is 132 cm³/mol. The first-order chi connectivity index (χ1) is 14.5. The van der Waals surface area contributed by atoms with Crippen LogP contribution in [0, 0.1) is 6.92 Å². The lowest BCUT2D eigenvalue weighted by atomic mass is 9.99. The molecule has 0 unspecified atom stereocenters. The Balaban J connectivity index is 1.88. The van der Waals surface area contributed by atoms with Crippen molar-refractivity contribution in [2.75, 3.05) is 0 Å². The minimum absolute atomic E-state index is 0.528. The monoisotopic (exact) mass is 421 g/mol. The van der Waals surface area contributed by atoms with E-state index in [0.717, 1.165) is 17.1 Å². The molecule has 0 aliphatic heterocycles. The van der Waals surface area contributed by atoms with Crippen LogP contribution in [0.3, 0.4) is 0 Å². The van der Waals surface area contributed by atoms with Gasteiger partial charge in [0.1, 0.15) is 0 Å². The van der Waals surface area contributed by atoms with Crippen LogP contribution >= 0.6 is 11.3 Å². The minimum atomic E-state index is 0.528. The molecule has 1 heterocycles. The summed E-state index contributed by atoms with van der Waals surface area (Å²) in [5, 5.41) is 4.54. The van der Waals surface area contributed by atoms with E-state index in [0.29, 0.717) is 12.0 Å². The maximum absolute atomic E-state index is 5.15. The number of nitrogens with one attached hydrogen (secondary N) is 1. The van der Waals surface area contributed by atoms with E-state index < -0.39 is 0 Å². The average molecular weight is 422 g/mol. The normalized spacial score (nSPS) is 14.6. The van der Waals surface area contributed by atoms with Gasteiger partial charge in [0.2, 0.25) is 0 Å². The van der Waals surface area contributed by atoms with Gasteiger partial charge < -0.3 is 5.32 Å². The number of hydrogen-bond acceptors (Lipinski definition) is 3. The van der Waals surface area contributed by atoms with E-state index in [-0.39, 0.29) is 0 Å². The lowest BCUT2D eigenvalue weighted by Crippen LogP contribution is -2.13. The van der Waals surface area contributed by atoms with Crippen molar-refractivity contribution in [2.24, 2.45) is 4.99 Å². The minimum Gasteiger partial charge on any atom is -0.351 e. The van der Waals surface area contributed by atoms with Crippen LogP contribution in [0.2, 0.25) is 0 Å². The van der Waals surface area contributed by atoms with Crippen molar-refractivity contribution in [3.63, 3.8) is 0 Å². The molecular formula is C26H35N3S. The summed E-state index contributed by atoms with van der Waals surface area (Å²) in [5.74, 6) is 1.50. The quantitative estimate of drug-likeness (QED) is 0.245. The van der Waals surface area contributed by atoms with Gasteiger partial charge in [-0.3, -0.25) is 4.99 Å². The lowest BCUT2D eigenvalue weighted by molar-refractivity contribution is 0.558. The number of nitrogens with zero attached hydrogens (tertiary/aromatic N) is 2. The zero-order valence-corrected chi connectivity index (χ0v) is 19.7. The van der Waals surface area contributed by atoms with Crippen LogP contribution in [-0.2, 0) is 0 Å². The van der Waals surface area contributed by atoms with E-state index in [1.807, 2.05) is 24.5 Å². The molecule has 1 saturated carbocycles. The first kappa shape index (κ1) is 22.5. The number of benzene rings is 1. The van der Waals surface area contributed by atoms with Crippen LogP contribution < -0.4 is 5.32 Å². The number of allylic oxidation sites excluding steroid dienone is 2. The number of amidine groups is 1. The van der Waals surface area contributed by atoms with Crippen molar-refractivity contribution in [3.05, 3.63) is 58.6 Å². The van der Waals surface area contributed by atoms with Crippen molar-refractivity contribution in [1.82, 2.24) is 10.3 Å². The molecule has 3 nitrogen and oxygen atoms in total. The highest BCUT2D eigenvalue weighted by molar-refractivity contribution is 7.13. The fraction of sp³-hybridized carbons (Fsp3) is 0.462. The fourth-order valence-electron chi connectivity index (χ4n) is 3.66. The van der Waals surface area contributed by atoms with Gasteiger partial charge in [-0.25, -0.2) is 4.98 Å². The molecule has 0 spiro atoms. The molecule has 1 aliphatic carbocycles. The van der Waals surface area contributed by atoms with Gasteiger partial charge in [0.15, 0.2) is 0 Å². The van der Waals surface area contributed by atoms with E-state index in [9.17, 15) is 0 Å². The summed E-state index contributed by atoms with van der Waals surface area (Å²) >= 11 is 1.82. The van der Waals surface area contributed by atoms with E-state index in [2.05, 4.69) is 68.0 Å². The molecular weight excluding hydrogens is 386 g/mol. The number of aromatic nitrogens is 1. The second kappa shape index (κ2) is 10.7. The van der Waals surface area contributed by atoms with E-state index >= 15 is 0 Å². The molecule has 0 amide bonds. The number of rotatable bonds is 10. The zero-order valence-electron chi connectivity index (χ0n) is 18.9. The number of hydrogen-bond donors (Lipinski definition) is 1. The van der Waals surface area contributed by atoms with Gasteiger partial charge in [-0.05, 0) is 57.2 Å². The Morgan fingerprint density at radius 2 is 2.03 bits per heavy atom. The van der Waals surface area contributed by atoms with Crippen LogP contribution in [0.1, 0.15) is 80.7 Å². The maximum Gasteiger partial charge on any atom is 0.0974 e. The van der Waals surface area contributed by atoms with Crippen LogP contribution in [0.5, 0.6) is 0 Å². The summed E-state index contributed by atoms with van der Waals surface area (Å²) in [6.07, 6.45) is 11.2. The van der Waals surface area contributed by atoms with Crippen molar-refractivity contribution in [3.8, 4) is 11.3 Å². The topological polar surface area (TPSA) is 37.3 Å². The van der Waals surface area contributed by atoms with Gasteiger partial charge in [0.05, 0.1) is 27.5 Å². The standard InChI is InChI=1S/C26H35N3S/c1-6-9-21(10-7-2)26-29-24(22-12-8-11-18(3)17-22)25(30-26)19(4)15-16-27-20(5)28-23-13-14-23/h8,11-12,15-17,21,23H,4,6-7,9-10,13-14H2,1-3,5H3,(H,27,28)/b16-15-. The first-order valence-corrected chi connectivity index (χ1v) is 12.1. The van der Waals surface area contributed by atoms with E-state index in [1.165, 1.54) is 59.5 Å². The first-order valence-electron chi connectivity index (χ1n) is 11.3. The Hall–Kier alpha value is -2.20. The SMILES string of the molecule is C=C(/C=C\NC(C)=NC1CC1)c1sc(C(CCC)CCC)nc1-c1cccc(C)c1. The molecule has 160 valence electrons. The van der Waals surface area contributed by atoms with Gasteiger partial charge >= 0.3 is 0 Å². The lowest BCUT2D eigenvalue weighted by Gasteiger charge is -2.11. The zero-order chi connectivity index (χ0) is 21.5. The molecule has 0 saturated heterocycles. The summed E-state index contributed by atoms with van der Waals surface area (Å²) < 4.78 is 0. The van der Waals surface area contributed by atoms with Crippen molar-refractivity contribution in [2.45, 2.75) is 78.2 Å². The van der Waals surface area contributed by atoms with Crippen LogP contribution in [-0.4, -0.2) is 16.9 Å². The molecule has 1 fully saturated rings. The summed E-state index contributed by atoms with van der Waals surface area (Å²) in [4.78, 5) is 10.9. The summed E-state index contributed by atoms with van der Waals surface area (Å²) in [7, 11) is 0. The highest BCUT2D eigenvalue weighted by Gasteiger charge is 2.21. The molecule has 30 heavy (non-hydrogen) atoms. The Bertz CT molecular complexity index is 912. The third-order valence-electron chi connectivity index (χ3n) is 5.35. The van der Waals surface area contributed by atoms with Crippen molar-refractivity contribution >= 4 is 22.7 Å². The van der Waals surface area contributed by atoms with E-state index in [4.69, 9.17) is 4.98 Å². The summed E-state index contributed by atoms with van der Waals surface area (Å²) in [5.41, 5.74) is 4.48. The van der Waals surface area contributed by atoms with Crippen molar-refractivity contribution in [1.29, 1.82) is 0 Å².